The van der Waals surface area contributed by atoms with Crippen LogP contribution in [0.25, 0.3) is 0 Å². The number of ether oxygens (including phenoxy) is 1. The molecule has 2 N–H and O–H groups in total. The maximum absolute atomic E-state index is 11.6. The molecule has 1 saturated heterocycles. The Kier molecular flexibility index (Phi) is 5.29. The van der Waals surface area contributed by atoms with Crippen molar-refractivity contribution in [2.24, 2.45) is 0 Å². The van der Waals surface area contributed by atoms with Crippen LogP contribution in [0.3, 0.4) is 0 Å². The van der Waals surface area contributed by atoms with E-state index in [1.54, 1.807) is 11.8 Å². The summed E-state index contributed by atoms with van der Waals surface area (Å²) in [6.45, 7) is 4.08. The fourth-order valence-electron chi connectivity index (χ4n) is 1.36. The second-order valence-corrected chi connectivity index (χ2v) is 4.34. The van der Waals surface area contributed by atoms with Gasteiger partial charge in [-0.15, -0.1) is 0 Å². The smallest absolute Gasteiger partial charge is 0.250 e. The standard InChI is InChI=1S/C9H18N2O2S/c1-7(6-14-2)11-9(12)8-5-10-3-4-13-8/h7-8,10H,3-6H2,1-2H3,(H,11,12)/t7?,8-/m1/s1. The lowest BCUT2D eigenvalue weighted by Gasteiger charge is -2.24. The van der Waals surface area contributed by atoms with E-state index in [0.29, 0.717) is 13.2 Å². The fraction of sp³-hybridized carbons (Fsp3) is 0.889. The normalized spacial score (nSPS) is 24.3. The van der Waals surface area contributed by atoms with E-state index < -0.39 is 0 Å². The van der Waals surface area contributed by atoms with Crippen LogP contribution >= 0.6 is 11.8 Å². The van der Waals surface area contributed by atoms with Crippen LogP contribution in [0.1, 0.15) is 6.92 Å². The average Bonchev–Trinajstić information content (AvgIpc) is 2.19. The van der Waals surface area contributed by atoms with Gasteiger partial charge in [0.15, 0.2) is 0 Å². The Labute approximate surface area is 89.2 Å². The second kappa shape index (κ2) is 6.27. The van der Waals surface area contributed by atoms with Crippen molar-refractivity contribution in [1.29, 1.82) is 0 Å². The topological polar surface area (TPSA) is 50.4 Å². The van der Waals surface area contributed by atoms with E-state index in [4.69, 9.17) is 4.74 Å². The second-order valence-electron chi connectivity index (χ2n) is 3.43. The summed E-state index contributed by atoms with van der Waals surface area (Å²) < 4.78 is 5.34. The molecule has 1 aliphatic heterocycles. The fourth-order valence-corrected chi connectivity index (χ4v) is 1.94. The minimum atomic E-state index is -0.312. The predicted octanol–water partition coefficient (Wildman–Crippen LogP) is -0.157. The number of carbonyl (C=O) groups is 1. The molecule has 82 valence electrons. The van der Waals surface area contributed by atoms with Gasteiger partial charge in [-0.05, 0) is 13.2 Å². The van der Waals surface area contributed by atoms with Crippen molar-refractivity contribution in [3.8, 4) is 0 Å². The van der Waals surface area contributed by atoms with Gasteiger partial charge in [-0.2, -0.15) is 11.8 Å². The summed E-state index contributed by atoms with van der Waals surface area (Å²) in [6.07, 6.45) is 1.72. The molecule has 1 aliphatic rings. The summed E-state index contributed by atoms with van der Waals surface area (Å²) in [5.41, 5.74) is 0. The van der Waals surface area contributed by atoms with Gasteiger partial charge in [0.2, 0.25) is 0 Å². The number of thioether (sulfide) groups is 1. The molecule has 0 aromatic rings. The van der Waals surface area contributed by atoms with Crippen LogP contribution in [-0.4, -0.2) is 49.8 Å². The highest BCUT2D eigenvalue weighted by atomic mass is 32.2. The van der Waals surface area contributed by atoms with E-state index in [0.717, 1.165) is 12.3 Å². The number of carbonyl (C=O) groups excluding carboxylic acids is 1. The van der Waals surface area contributed by atoms with Gasteiger partial charge in [-0.3, -0.25) is 4.79 Å². The lowest BCUT2D eigenvalue weighted by molar-refractivity contribution is -0.134. The Hall–Kier alpha value is -0.260. The summed E-state index contributed by atoms with van der Waals surface area (Å²) in [4.78, 5) is 11.6. The Morgan fingerprint density at radius 2 is 2.57 bits per heavy atom. The van der Waals surface area contributed by atoms with Crippen LogP contribution < -0.4 is 10.6 Å². The highest BCUT2D eigenvalue weighted by Gasteiger charge is 2.22. The van der Waals surface area contributed by atoms with Gasteiger partial charge in [-0.25, -0.2) is 0 Å². The summed E-state index contributed by atoms with van der Waals surface area (Å²) >= 11 is 1.73. The minimum absolute atomic E-state index is 0.00116. The number of hydrogen-bond acceptors (Lipinski definition) is 4. The summed E-state index contributed by atoms with van der Waals surface area (Å²) in [6, 6.07) is 0.211. The van der Waals surface area contributed by atoms with Gasteiger partial charge in [0.05, 0.1) is 6.61 Å². The molecule has 0 bridgehead atoms. The monoisotopic (exact) mass is 218 g/mol. The summed E-state index contributed by atoms with van der Waals surface area (Å²) in [5.74, 6) is 0.935. The first-order valence-electron chi connectivity index (χ1n) is 4.85. The van der Waals surface area contributed by atoms with Crippen LogP contribution in [0.15, 0.2) is 0 Å². The van der Waals surface area contributed by atoms with Crippen LogP contribution in [0.2, 0.25) is 0 Å². The molecular weight excluding hydrogens is 200 g/mol. The Balaban J connectivity index is 2.25. The molecule has 0 aliphatic carbocycles. The molecule has 0 radical (unpaired) electrons. The Morgan fingerprint density at radius 3 is 3.14 bits per heavy atom. The zero-order chi connectivity index (χ0) is 10.4. The molecule has 0 aromatic carbocycles. The SMILES string of the molecule is CSCC(C)NC(=O)[C@H]1CNCCO1. The zero-order valence-electron chi connectivity index (χ0n) is 8.71. The van der Waals surface area contributed by atoms with Crippen molar-refractivity contribution in [3.05, 3.63) is 0 Å². The van der Waals surface area contributed by atoms with E-state index in [1.807, 2.05) is 13.2 Å². The number of rotatable bonds is 4. The number of hydrogen-bond donors (Lipinski definition) is 2. The first-order valence-corrected chi connectivity index (χ1v) is 6.25. The molecule has 14 heavy (non-hydrogen) atoms. The highest BCUT2D eigenvalue weighted by molar-refractivity contribution is 7.98. The van der Waals surface area contributed by atoms with Crippen LogP contribution in [0.4, 0.5) is 0 Å². The molecule has 5 heteroatoms. The van der Waals surface area contributed by atoms with Gasteiger partial charge in [0, 0.05) is 24.9 Å². The summed E-state index contributed by atoms with van der Waals surface area (Å²) in [7, 11) is 0. The molecular formula is C9H18N2O2S. The first-order chi connectivity index (χ1) is 6.74. The van der Waals surface area contributed by atoms with Gasteiger partial charge >= 0.3 is 0 Å². The van der Waals surface area contributed by atoms with E-state index in [2.05, 4.69) is 10.6 Å². The molecule has 0 saturated carbocycles. The third-order valence-electron chi connectivity index (χ3n) is 2.03. The van der Waals surface area contributed by atoms with Crippen LogP contribution in [-0.2, 0) is 9.53 Å². The molecule has 1 rings (SSSR count). The van der Waals surface area contributed by atoms with E-state index in [-0.39, 0.29) is 18.1 Å². The van der Waals surface area contributed by atoms with Crippen molar-refractivity contribution in [2.45, 2.75) is 19.1 Å². The summed E-state index contributed by atoms with van der Waals surface area (Å²) in [5, 5.41) is 6.06. The maximum atomic E-state index is 11.6. The average molecular weight is 218 g/mol. The van der Waals surface area contributed by atoms with E-state index in [1.165, 1.54) is 0 Å². The van der Waals surface area contributed by atoms with Gasteiger partial charge in [0.1, 0.15) is 6.10 Å². The molecule has 2 atom stereocenters. The van der Waals surface area contributed by atoms with E-state index >= 15 is 0 Å². The molecule has 1 unspecified atom stereocenters. The number of morpholine rings is 1. The maximum Gasteiger partial charge on any atom is 0.250 e. The molecule has 0 spiro atoms. The lowest BCUT2D eigenvalue weighted by Crippen LogP contribution is -2.50. The molecule has 1 fully saturated rings. The molecule has 0 aromatic heterocycles. The Morgan fingerprint density at radius 1 is 1.79 bits per heavy atom. The van der Waals surface area contributed by atoms with Gasteiger partial charge in [0.25, 0.3) is 5.91 Å². The van der Waals surface area contributed by atoms with Crippen LogP contribution in [0, 0.1) is 0 Å². The largest absolute Gasteiger partial charge is 0.366 e. The van der Waals surface area contributed by atoms with Crippen molar-refractivity contribution in [1.82, 2.24) is 10.6 Å². The molecule has 1 amide bonds. The van der Waals surface area contributed by atoms with Crippen molar-refractivity contribution >= 4 is 17.7 Å². The van der Waals surface area contributed by atoms with Crippen molar-refractivity contribution < 1.29 is 9.53 Å². The van der Waals surface area contributed by atoms with Gasteiger partial charge in [-0.1, -0.05) is 0 Å². The first kappa shape index (κ1) is 11.8. The van der Waals surface area contributed by atoms with Crippen molar-refractivity contribution in [3.63, 3.8) is 0 Å². The quantitative estimate of drug-likeness (QED) is 0.688. The van der Waals surface area contributed by atoms with Gasteiger partial charge < -0.3 is 15.4 Å². The Bertz CT molecular complexity index is 184. The number of nitrogens with one attached hydrogen (secondary N) is 2. The number of amides is 1. The van der Waals surface area contributed by atoms with Crippen LogP contribution in [0.5, 0.6) is 0 Å². The third kappa shape index (κ3) is 3.86. The molecule has 4 nitrogen and oxygen atoms in total. The highest BCUT2D eigenvalue weighted by Crippen LogP contribution is 2.00. The minimum Gasteiger partial charge on any atom is -0.366 e. The van der Waals surface area contributed by atoms with Crippen molar-refractivity contribution in [2.75, 3.05) is 31.7 Å². The predicted molar refractivity (Wildman–Crippen MR) is 58.6 cm³/mol. The third-order valence-corrected chi connectivity index (χ3v) is 2.86. The zero-order valence-corrected chi connectivity index (χ0v) is 9.52. The van der Waals surface area contributed by atoms with E-state index in [9.17, 15) is 4.79 Å². The lowest BCUT2D eigenvalue weighted by atomic mass is 10.2. The molecule has 1 heterocycles.